The van der Waals surface area contributed by atoms with Gasteiger partial charge < -0.3 is 19.9 Å². The van der Waals surface area contributed by atoms with E-state index in [-0.39, 0.29) is 12.0 Å². The zero-order chi connectivity index (χ0) is 28.7. The molecule has 1 N–H and O–H groups in total. The van der Waals surface area contributed by atoms with Crippen molar-refractivity contribution in [3.8, 4) is 11.3 Å². The minimum Gasteiger partial charge on any atom is -0.376 e. The van der Waals surface area contributed by atoms with Crippen molar-refractivity contribution in [3.63, 3.8) is 0 Å². The van der Waals surface area contributed by atoms with Crippen LogP contribution in [0.2, 0.25) is 5.02 Å². The number of nitrogens with one attached hydrogen (secondary N) is 1. The molecule has 216 valence electrons. The number of amides is 1. The third-order valence-corrected chi connectivity index (χ3v) is 8.89. The highest BCUT2D eigenvalue weighted by Gasteiger charge is 2.21. The van der Waals surface area contributed by atoms with Crippen molar-refractivity contribution in [2.24, 2.45) is 0 Å². The molecule has 0 spiro atoms. The number of carbonyl (C=O) groups excluding carboxylic acids is 1. The van der Waals surface area contributed by atoms with E-state index < -0.39 is 0 Å². The van der Waals surface area contributed by atoms with Gasteiger partial charge in [-0.3, -0.25) is 4.79 Å². The fraction of sp³-hybridized carbons (Fsp3) is 0.303. The number of para-hydroxylation sites is 1. The molecule has 4 aromatic rings. The van der Waals surface area contributed by atoms with Crippen LogP contribution in [0.3, 0.4) is 0 Å². The van der Waals surface area contributed by atoms with Gasteiger partial charge in [-0.15, -0.1) is 0 Å². The monoisotopic (exact) mass is 599 g/mol. The molecular weight excluding hydrogens is 566 g/mol. The van der Waals surface area contributed by atoms with E-state index in [2.05, 4.69) is 39.4 Å². The molecule has 1 amide bonds. The molecule has 2 aliphatic heterocycles. The summed E-state index contributed by atoms with van der Waals surface area (Å²) >= 11 is 8.07. The maximum Gasteiger partial charge on any atom is 0.251 e. The van der Waals surface area contributed by atoms with Crippen LogP contribution in [-0.2, 0) is 10.5 Å². The van der Waals surface area contributed by atoms with E-state index in [1.807, 2.05) is 60.7 Å². The molecule has 9 heteroatoms. The smallest absolute Gasteiger partial charge is 0.251 e. The van der Waals surface area contributed by atoms with Crippen molar-refractivity contribution >= 4 is 40.8 Å². The van der Waals surface area contributed by atoms with E-state index in [0.717, 1.165) is 84.1 Å². The van der Waals surface area contributed by atoms with E-state index in [0.29, 0.717) is 17.9 Å². The Labute approximate surface area is 256 Å². The standard InChI is InChI=1S/C33H34ClN5O2S/c34-28-10-4-5-11-30(28)38-16-18-39(19-17-38)31-21-29(25-7-2-1-3-8-25)36-33(37-31)42-23-24-12-14-26(15-13-24)32(40)35-22-27-9-6-20-41-27/h1-5,7-8,10-15,21,27H,6,9,16-20,22-23H2,(H,35,40). The number of thioether (sulfide) groups is 1. The summed E-state index contributed by atoms with van der Waals surface area (Å²) < 4.78 is 5.60. The second kappa shape index (κ2) is 13.6. The van der Waals surface area contributed by atoms with Crippen LogP contribution < -0.4 is 15.1 Å². The van der Waals surface area contributed by atoms with Crippen LogP contribution in [0.15, 0.2) is 90.1 Å². The Balaban J connectivity index is 1.13. The number of halogens is 1. The molecule has 3 aromatic carbocycles. The predicted molar refractivity (Wildman–Crippen MR) is 171 cm³/mol. The van der Waals surface area contributed by atoms with E-state index >= 15 is 0 Å². The highest BCUT2D eigenvalue weighted by molar-refractivity contribution is 7.98. The van der Waals surface area contributed by atoms with E-state index in [4.69, 9.17) is 26.3 Å². The predicted octanol–water partition coefficient (Wildman–Crippen LogP) is 6.32. The summed E-state index contributed by atoms with van der Waals surface area (Å²) in [5, 5.41) is 4.51. The van der Waals surface area contributed by atoms with Crippen molar-refractivity contribution in [2.45, 2.75) is 29.9 Å². The third kappa shape index (κ3) is 7.06. The molecule has 2 saturated heterocycles. The van der Waals surface area contributed by atoms with Crippen LogP contribution in [0.1, 0.15) is 28.8 Å². The van der Waals surface area contributed by atoms with Crippen LogP contribution in [-0.4, -0.2) is 61.3 Å². The fourth-order valence-electron chi connectivity index (χ4n) is 5.30. The zero-order valence-electron chi connectivity index (χ0n) is 23.4. The number of anilines is 2. The van der Waals surface area contributed by atoms with Gasteiger partial charge in [0.1, 0.15) is 5.82 Å². The van der Waals surface area contributed by atoms with Gasteiger partial charge in [-0.25, -0.2) is 9.97 Å². The van der Waals surface area contributed by atoms with Gasteiger partial charge in [0.25, 0.3) is 5.91 Å². The molecule has 42 heavy (non-hydrogen) atoms. The van der Waals surface area contributed by atoms with Gasteiger partial charge in [0.15, 0.2) is 5.16 Å². The Morgan fingerprint density at radius 1 is 0.929 bits per heavy atom. The quantitative estimate of drug-likeness (QED) is 0.178. The third-order valence-electron chi connectivity index (χ3n) is 7.66. The number of hydrogen-bond donors (Lipinski definition) is 1. The van der Waals surface area contributed by atoms with Gasteiger partial charge in [-0.1, -0.05) is 78.0 Å². The molecule has 2 fully saturated rings. The average Bonchev–Trinajstić information content (AvgIpc) is 3.57. The molecule has 1 aromatic heterocycles. The number of hydrogen-bond acceptors (Lipinski definition) is 7. The highest BCUT2D eigenvalue weighted by Crippen LogP contribution is 2.30. The van der Waals surface area contributed by atoms with Crippen LogP contribution in [0.4, 0.5) is 11.5 Å². The van der Waals surface area contributed by atoms with Crippen molar-refractivity contribution in [3.05, 3.63) is 101 Å². The van der Waals surface area contributed by atoms with Gasteiger partial charge in [0.05, 0.1) is 22.5 Å². The Morgan fingerprint density at radius 3 is 2.40 bits per heavy atom. The average molecular weight is 600 g/mol. The summed E-state index contributed by atoms with van der Waals surface area (Å²) in [6.07, 6.45) is 2.20. The molecule has 0 radical (unpaired) electrons. The minimum atomic E-state index is -0.0668. The van der Waals surface area contributed by atoms with E-state index in [9.17, 15) is 4.79 Å². The van der Waals surface area contributed by atoms with Crippen LogP contribution in [0.5, 0.6) is 0 Å². The van der Waals surface area contributed by atoms with Crippen LogP contribution in [0, 0.1) is 0 Å². The lowest BCUT2D eigenvalue weighted by Gasteiger charge is -2.37. The van der Waals surface area contributed by atoms with Gasteiger partial charge in [0.2, 0.25) is 0 Å². The van der Waals surface area contributed by atoms with Crippen LogP contribution >= 0.6 is 23.4 Å². The van der Waals surface area contributed by atoms with Crippen molar-refractivity contribution < 1.29 is 9.53 Å². The maximum atomic E-state index is 12.6. The lowest BCUT2D eigenvalue weighted by molar-refractivity contribution is 0.0858. The first-order valence-electron chi connectivity index (χ1n) is 14.4. The Hall–Kier alpha value is -3.59. The summed E-state index contributed by atoms with van der Waals surface area (Å²) in [5.74, 6) is 1.57. The Kier molecular flexibility index (Phi) is 9.23. The lowest BCUT2D eigenvalue weighted by Crippen LogP contribution is -2.47. The normalized spacial score (nSPS) is 16.9. The molecule has 0 bridgehead atoms. The zero-order valence-corrected chi connectivity index (χ0v) is 25.0. The van der Waals surface area contributed by atoms with Crippen molar-refractivity contribution in [1.82, 2.24) is 15.3 Å². The second-order valence-electron chi connectivity index (χ2n) is 10.5. The number of ether oxygens (including phenoxy) is 1. The van der Waals surface area contributed by atoms with Crippen molar-refractivity contribution in [1.29, 1.82) is 0 Å². The molecule has 1 unspecified atom stereocenters. The number of rotatable bonds is 9. The largest absolute Gasteiger partial charge is 0.376 e. The number of benzene rings is 3. The lowest BCUT2D eigenvalue weighted by atomic mass is 10.1. The summed E-state index contributed by atoms with van der Waals surface area (Å²) in [7, 11) is 0. The van der Waals surface area contributed by atoms with Gasteiger partial charge in [0, 0.05) is 62.3 Å². The molecule has 0 aliphatic carbocycles. The van der Waals surface area contributed by atoms with E-state index in [1.165, 1.54) is 0 Å². The van der Waals surface area contributed by atoms with Gasteiger partial charge in [-0.2, -0.15) is 0 Å². The Morgan fingerprint density at radius 2 is 1.67 bits per heavy atom. The minimum absolute atomic E-state index is 0.0668. The first-order valence-corrected chi connectivity index (χ1v) is 15.8. The molecule has 3 heterocycles. The SMILES string of the molecule is O=C(NCC1CCCO1)c1ccc(CSc2nc(-c3ccccc3)cc(N3CCN(c4ccccc4Cl)CC3)n2)cc1. The Bertz CT molecular complexity index is 1490. The maximum absolute atomic E-state index is 12.6. The first-order chi connectivity index (χ1) is 20.6. The number of piperazine rings is 1. The van der Waals surface area contributed by atoms with Crippen molar-refractivity contribution in [2.75, 3.05) is 49.1 Å². The summed E-state index contributed by atoms with van der Waals surface area (Å²) in [4.78, 5) is 27.1. The summed E-state index contributed by atoms with van der Waals surface area (Å²) in [5.41, 5.74) is 4.82. The molecule has 6 rings (SSSR count). The molecule has 0 saturated carbocycles. The first kappa shape index (κ1) is 28.5. The number of carbonyl (C=O) groups is 1. The highest BCUT2D eigenvalue weighted by atomic mass is 35.5. The topological polar surface area (TPSA) is 70.6 Å². The second-order valence-corrected chi connectivity index (χ2v) is 11.9. The molecule has 7 nitrogen and oxygen atoms in total. The summed E-state index contributed by atoms with van der Waals surface area (Å²) in [6.45, 7) is 4.76. The van der Waals surface area contributed by atoms with Gasteiger partial charge in [-0.05, 0) is 42.7 Å². The van der Waals surface area contributed by atoms with E-state index in [1.54, 1.807) is 11.8 Å². The molecule has 2 aliphatic rings. The molecule has 1 atom stereocenters. The molecular formula is C33H34ClN5O2S. The van der Waals surface area contributed by atoms with Crippen LogP contribution in [0.25, 0.3) is 11.3 Å². The van der Waals surface area contributed by atoms with Gasteiger partial charge >= 0.3 is 0 Å². The summed E-state index contributed by atoms with van der Waals surface area (Å²) in [6, 6.07) is 28.1. The number of aromatic nitrogens is 2. The fourth-order valence-corrected chi connectivity index (χ4v) is 6.36. The number of nitrogens with zero attached hydrogens (tertiary/aromatic N) is 4.